The highest BCUT2D eigenvalue weighted by Gasteiger charge is 2.24. The minimum Gasteiger partial charge on any atom is -0.375 e. The normalized spacial score (nSPS) is 18.1. The Labute approximate surface area is 201 Å². The number of anilines is 2. The van der Waals surface area contributed by atoms with Gasteiger partial charge in [-0.15, -0.1) is 0 Å². The first-order valence-electron chi connectivity index (χ1n) is 11.6. The van der Waals surface area contributed by atoms with E-state index in [4.69, 9.17) is 18.0 Å². The first-order chi connectivity index (χ1) is 16.0. The molecule has 33 heavy (non-hydrogen) atoms. The van der Waals surface area contributed by atoms with Crippen molar-refractivity contribution in [2.75, 3.05) is 56.1 Å². The number of hydrazone groups is 1. The van der Waals surface area contributed by atoms with Crippen LogP contribution in [0.15, 0.2) is 47.6 Å². The maximum absolute atomic E-state index is 15.3. The molecule has 0 atom stereocenters. The second kappa shape index (κ2) is 10.9. The van der Waals surface area contributed by atoms with Crippen molar-refractivity contribution in [2.24, 2.45) is 16.8 Å². The summed E-state index contributed by atoms with van der Waals surface area (Å²) < 4.78 is 15.3. The van der Waals surface area contributed by atoms with Crippen LogP contribution in [0.3, 0.4) is 0 Å². The molecule has 0 radical (unpaired) electrons. The standard InChI is InChI=1S/C25H33FN6S/c1-30-11-13-32(14-12-30)23-17-24(22(26)16-21(23)18-28-29-25(27)33)31-9-7-20(8-10-31)15-19-5-3-2-4-6-19/h2-6,16-18,20H,7-15H2,1H3,(H3,27,29,33). The lowest BCUT2D eigenvalue weighted by molar-refractivity contribution is 0.313. The van der Waals surface area contributed by atoms with Crippen molar-refractivity contribution < 1.29 is 4.39 Å². The van der Waals surface area contributed by atoms with E-state index in [-0.39, 0.29) is 10.9 Å². The van der Waals surface area contributed by atoms with Crippen molar-refractivity contribution >= 4 is 34.9 Å². The van der Waals surface area contributed by atoms with Gasteiger partial charge in [0.15, 0.2) is 5.11 Å². The molecule has 8 heteroatoms. The van der Waals surface area contributed by atoms with Crippen molar-refractivity contribution in [3.63, 3.8) is 0 Å². The number of thiocarbonyl (C=S) groups is 1. The van der Waals surface area contributed by atoms with E-state index in [1.165, 1.54) is 5.56 Å². The summed E-state index contributed by atoms with van der Waals surface area (Å²) in [6.45, 7) is 5.47. The number of nitrogens with one attached hydrogen (secondary N) is 1. The average molecular weight is 469 g/mol. The highest BCUT2D eigenvalue weighted by atomic mass is 32.1. The Hall–Kier alpha value is -2.71. The van der Waals surface area contributed by atoms with Gasteiger partial charge >= 0.3 is 0 Å². The zero-order chi connectivity index (χ0) is 23.2. The molecule has 4 rings (SSSR count). The van der Waals surface area contributed by atoms with E-state index in [1.54, 1.807) is 12.3 Å². The molecule has 0 amide bonds. The van der Waals surface area contributed by atoms with Crippen LogP contribution < -0.4 is 21.0 Å². The lowest BCUT2D eigenvalue weighted by atomic mass is 9.90. The molecule has 0 aliphatic carbocycles. The van der Waals surface area contributed by atoms with Gasteiger partial charge in [-0.1, -0.05) is 30.3 Å². The lowest BCUT2D eigenvalue weighted by Gasteiger charge is -2.37. The maximum Gasteiger partial charge on any atom is 0.184 e. The number of piperidine rings is 1. The molecule has 2 fully saturated rings. The number of hydrogen-bond acceptors (Lipinski definition) is 5. The third-order valence-electron chi connectivity index (χ3n) is 6.64. The minimum absolute atomic E-state index is 0.0860. The number of nitrogens with zero attached hydrogens (tertiary/aromatic N) is 4. The molecular weight excluding hydrogens is 435 g/mol. The number of benzene rings is 2. The molecule has 0 spiro atoms. The molecule has 3 N–H and O–H groups in total. The Morgan fingerprint density at radius 1 is 1.06 bits per heavy atom. The fraction of sp³-hybridized carbons (Fsp3) is 0.440. The van der Waals surface area contributed by atoms with Gasteiger partial charge in [-0.25, -0.2) is 4.39 Å². The molecule has 0 unspecified atom stereocenters. The summed E-state index contributed by atoms with van der Waals surface area (Å²) in [5.41, 5.74) is 11.8. The number of piperazine rings is 1. The molecule has 2 saturated heterocycles. The van der Waals surface area contributed by atoms with Crippen LogP contribution in [0.25, 0.3) is 0 Å². The number of likely N-dealkylation sites (N-methyl/N-ethyl adjacent to an activating group) is 1. The van der Waals surface area contributed by atoms with E-state index in [0.717, 1.165) is 69.8 Å². The van der Waals surface area contributed by atoms with Crippen LogP contribution in [0.5, 0.6) is 0 Å². The summed E-state index contributed by atoms with van der Waals surface area (Å²) in [7, 11) is 2.13. The van der Waals surface area contributed by atoms with Crippen LogP contribution in [0.4, 0.5) is 15.8 Å². The van der Waals surface area contributed by atoms with Gasteiger partial charge in [0, 0.05) is 50.5 Å². The van der Waals surface area contributed by atoms with Gasteiger partial charge in [0.2, 0.25) is 0 Å². The highest BCUT2D eigenvalue weighted by Crippen LogP contribution is 2.33. The van der Waals surface area contributed by atoms with Crippen molar-refractivity contribution in [1.29, 1.82) is 0 Å². The van der Waals surface area contributed by atoms with E-state index in [1.807, 2.05) is 6.07 Å². The number of nitrogens with two attached hydrogens (primary N) is 1. The van der Waals surface area contributed by atoms with Crippen molar-refractivity contribution in [1.82, 2.24) is 10.3 Å². The minimum atomic E-state index is -0.217. The number of halogens is 1. The van der Waals surface area contributed by atoms with E-state index in [0.29, 0.717) is 11.6 Å². The summed E-state index contributed by atoms with van der Waals surface area (Å²) >= 11 is 4.82. The second-order valence-corrected chi connectivity index (χ2v) is 9.45. The summed E-state index contributed by atoms with van der Waals surface area (Å²) in [5.74, 6) is 0.424. The van der Waals surface area contributed by atoms with E-state index < -0.39 is 0 Å². The molecule has 2 aromatic carbocycles. The highest BCUT2D eigenvalue weighted by molar-refractivity contribution is 7.80. The monoisotopic (exact) mass is 468 g/mol. The fourth-order valence-corrected chi connectivity index (χ4v) is 4.78. The average Bonchev–Trinajstić information content (AvgIpc) is 2.81. The smallest absolute Gasteiger partial charge is 0.184 e. The van der Waals surface area contributed by atoms with E-state index in [2.05, 4.69) is 62.6 Å². The van der Waals surface area contributed by atoms with Gasteiger partial charge in [-0.2, -0.15) is 5.10 Å². The molecule has 176 valence electrons. The summed E-state index contributed by atoms with van der Waals surface area (Å²) in [4.78, 5) is 6.82. The SMILES string of the molecule is CN1CCN(c2cc(N3CCC(Cc4ccccc4)CC3)c(F)cc2C=NNC(N)=S)CC1. The first-order valence-corrected chi connectivity index (χ1v) is 12.0. The van der Waals surface area contributed by atoms with Crippen LogP contribution in [0, 0.1) is 11.7 Å². The second-order valence-electron chi connectivity index (χ2n) is 9.01. The third kappa shape index (κ3) is 6.21. The number of rotatable bonds is 6. The van der Waals surface area contributed by atoms with Crippen LogP contribution >= 0.6 is 12.2 Å². The Kier molecular flexibility index (Phi) is 7.77. The quantitative estimate of drug-likeness (QED) is 0.386. The van der Waals surface area contributed by atoms with Gasteiger partial charge < -0.3 is 20.4 Å². The van der Waals surface area contributed by atoms with Crippen molar-refractivity contribution in [2.45, 2.75) is 19.3 Å². The Balaban J connectivity index is 1.51. The molecule has 6 nitrogen and oxygen atoms in total. The van der Waals surface area contributed by atoms with Crippen LogP contribution in [-0.4, -0.2) is 62.5 Å². The predicted octanol–water partition coefficient (Wildman–Crippen LogP) is 3.20. The Morgan fingerprint density at radius 3 is 2.39 bits per heavy atom. The number of hydrogen-bond donors (Lipinski definition) is 2. The van der Waals surface area contributed by atoms with Gasteiger partial charge in [0.25, 0.3) is 0 Å². The molecule has 0 saturated carbocycles. The van der Waals surface area contributed by atoms with Gasteiger partial charge in [0.1, 0.15) is 5.82 Å². The Bertz CT molecular complexity index is 966. The largest absolute Gasteiger partial charge is 0.375 e. The lowest BCUT2D eigenvalue weighted by Crippen LogP contribution is -2.45. The molecule has 2 aromatic rings. The van der Waals surface area contributed by atoms with Crippen LogP contribution in [0.1, 0.15) is 24.0 Å². The summed E-state index contributed by atoms with van der Waals surface area (Å²) in [6, 6.07) is 14.2. The molecular formula is C25H33FN6S. The van der Waals surface area contributed by atoms with Gasteiger partial charge in [-0.05, 0) is 62.1 Å². The molecule has 0 bridgehead atoms. The predicted molar refractivity (Wildman–Crippen MR) is 139 cm³/mol. The molecule has 0 aromatic heterocycles. The zero-order valence-corrected chi connectivity index (χ0v) is 20.0. The topological polar surface area (TPSA) is 60.1 Å². The van der Waals surface area contributed by atoms with E-state index in [9.17, 15) is 0 Å². The van der Waals surface area contributed by atoms with Crippen molar-refractivity contribution in [3.05, 3.63) is 59.4 Å². The van der Waals surface area contributed by atoms with Gasteiger partial charge in [0.05, 0.1) is 11.9 Å². The summed E-state index contributed by atoms with van der Waals surface area (Å²) in [5, 5.41) is 4.17. The fourth-order valence-electron chi connectivity index (χ4n) is 4.72. The van der Waals surface area contributed by atoms with Crippen LogP contribution in [0.2, 0.25) is 0 Å². The Morgan fingerprint density at radius 2 is 1.73 bits per heavy atom. The molecule has 2 heterocycles. The van der Waals surface area contributed by atoms with E-state index >= 15 is 4.39 Å². The molecule has 2 aliphatic heterocycles. The van der Waals surface area contributed by atoms with Crippen molar-refractivity contribution in [3.8, 4) is 0 Å². The van der Waals surface area contributed by atoms with Crippen LogP contribution in [-0.2, 0) is 6.42 Å². The first kappa shape index (κ1) is 23.4. The third-order valence-corrected chi connectivity index (χ3v) is 6.73. The zero-order valence-electron chi connectivity index (χ0n) is 19.2. The summed E-state index contributed by atoms with van der Waals surface area (Å²) in [6.07, 6.45) is 4.83. The molecule has 2 aliphatic rings. The van der Waals surface area contributed by atoms with Gasteiger partial charge in [-0.3, -0.25) is 5.43 Å². The maximum atomic E-state index is 15.3.